The molecule has 4 aromatic rings. The van der Waals surface area contributed by atoms with Gasteiger partial charge in [0.1, 0.15) is 6.26 Å². The monoisotopic (exact) mass is 380 g/mol. The number of thiazole rings is 1. The van der Waals surface area contributed by atoms with E-state index < -0.39 is 0 Å². The summed E-state index contributed by atoms with van der Waals surface area (Å²) in [6, 6.07) is 7.47. The number of likely N-dealkylation sites (tertiary alicyclic amines) is 1. The molecule has 7 nitrogen and oxygen atoms in total. The first-order valence-corrected chi connectivity index (χ1v) is 9.64. The molecule has 136 valence electrons. The van der Waals surface area contributed by atoms with Crippen LogP contribution in [0.1, 0.15) is 35.0 Å². The second-order valence-corrected chi connectivity index (χ2v) is 7.45. The molecule has 1 aliphatic rings. The molecule has 1 aliphatic heterocycles. The molecule has 1 fully saturated rings. The van der Waals surface area contributed by atoms with Crippen LogP contribution < -0.4 is 0 Å². The molecule has 0 bridgehead atoms. The fourth-order valence-corrected chi connectivity index (χ4v) is 4.12. The molecule has 0 radical (unpaired) electrons. The SMILES string of the molecule is O=C(c1ccc2ncsc2c1)N1CCC(c2nnc(-c3ccoc3)o2)CC1. The highest BCUT2D eigenvalue weighted by atomic mass is 32.1. The van der Waals surface area contributed by atoms with Crippen LogP contribution in [0.15, 0.2) is 51.1 Å². The topological polar surface area (TPSA) is 85.3 Å². The van der Waals surface area contributed by atoms with E-state index in [4.69, 9.17) is 8.83 Å². The van der Waals surface area contributed by atoms with Gasteiger partial charge in [0.05, 0.1) is 27.6 Å². The number of piperidine rings is 1. The standard InChI is InChI=1S/C19H16N4O3S/c24-19(13-1-2-15-16(9-13)27-11-20-15)23-6-3-12(4-7-23)17-21-22-18(26-17)14-5-8-25-10-14/h1-2,5,8-12H,3-4,6-7H2. The van der Waals surface area contributed by atoms with Crippen LogP contribution in [0, 0.1) is 0 Å². The van der Waals surface area contributed by atoms with E-state index in [0.717, 1.165) is 28.6 Å². The first-order valence-electron chi connectivity index (χ1n) is 8.76. The Hall–Kier alpha value is -3.00. The number of fused-ring (bicyclic) bond motifs is 1. The van der Waals surface area contributed by atoms with Gasteiger partial charge in [-0.15, -0.1) is 21.5 Å². The molecular formula is C19H16N4O3S. The first-order chi connectivity index (χ1) is 13.3. The van der Waals surface area contributed by atoms with Crippen molar-refractivity contribution < 1.29 is 13.6 Å². The summed E-state index contributed by atoms with van der Waals surface area (Å²) in [5.41, 5.74) is 4.22. The largest absolute Gasteiger partial charge is 0.472 e. The van der Waals surface area contributed by atoms with Crippen molar-refractivity contribution in [1.82, 2.24) is 20.1 Å². The minimum atomic E-state index is 0.0633. The van der Waals surface area contributed by atoms with E-state index in [9.17, 15) is 4.79 Å². The van der Waals surface area contributed by atoms with E-state index in [-0.39, 0.29) is 11.8 Å². The quantitative estimate of drug-likeness (QED) is 0.535. The molecule has 4 heterocycles. The third-order valence-corrected chi connectivity index (χ3v) is 5.71. The predicted molar refractivity (Wildman–Crippen MR) is 99.5 cm³/mol. The molecular weight excluding hydrogens is 364 g/mol. The maximum Gasteiger partial charge on any atom is 0.253 e. The van der Waals surface area contributed by atoms with Crippen molar-refractivity contribution in [2.75, 3.05) is 13.1 Å². The molecule has 27 heavy (non-hydrogen) atoms. The number of carbonyl (C=O) groups is 1. The summed E-state index contributed by atoms with van der Waals surface area (Å²) in [6.45, 7) is 1.35. The molecule has 1 saturated heterocycles. The molecule has 1 aromatic carbocycles. The van der Waals surface area contributed by atoms with Crippen molar-refractivity contribution in [3.8, 4) is 11.5 Å². The Bertz CT molecular complexity index is 1080. The van der Waals surface area contributed by atoms with E-state index in [1.807, 2.05) is 23.1 Å². The van der Waals surface area contributed by atoms with Gasteiger partial charge in [0.25, 0.3) is 11.8 Å². The lowest BCUT2D eigenvalue weighted by atomic mass is 9.96. The van der Waals surface area contributed by atoms with E-state index in [1.54, 1.807) is 35.4 Å². The van der Waals surface area contributed by atoms with Crippen molar-refractivity contribution in [3.05, 3.63) is 53.8 Å². The minimum absolute atomic E-state index is 0.0633. The number of amides is 1. The van der Waals surface area contributed by atoms with E-state index >= 15 is 0 Å². The Morgan fingerprint density at radius 3 is 2.89 bits per heavy atom. The lowest BCUT2D eigenvalue weighted by Crippen LogP contribution is -2.38. The number of furan rings is 1. The van der Waals surface area contributed by atoms with Crippen LogP contribution in [0.5, 0.6) is 0 Å². The van der Waals surface area contributed by atoms with Gasteiger partial charge in [0.15, 0.2) is 0 Å². The van der Waals surface area contributed by atoms with Crippen LogP contribution in [-0.4, -0.2) is 39.1 Å². The van der Waals surface area contributed by atoms with Crippen molar-refractivity contribution >= 4 is 27.5 Å². The maximum absolute atomic E-state index is 12.8. The normalized spacial score (nSPS) is 15.5. The minimum Gasteiger partial charge on any atom is -0.472 e. The first kappa shape index (κ1) is 16.2. The fraction of sp³-hybridized carbons (Fsp3) is 0.263. The summed E-state index contributed by atoms with van der Waals surface area (Å²) in [5.74, 6) is 1.33. The number of aromatic nitrogens is 3. The van der Waals surface area contributed by atoms with Crippen LogP contribution >= 0.6 is 11.3 Å². The van der Waals surface area contributed by atoms with Crippen LogP contribution in [0.25, 0.3) is 21.7 Å². The van der Waals surface area contributed by atoms with Gasteiger partial charge < -0.3 is 13.7 Å². The Kier molecular flexibility index (Phi) is 3.97. The smallest absolute Gasteiger partial charge is 0.253 e. The van der Waals surface area contributed by atoms with Crippen LogP contribution in [-0.2, 0) is 0 Å². The number of rotatable bonds is 3. The zero-order valence-corrected chi connectivity index (χ0v) is 15.2. The Morgan fingerprint density at radius 2 is 2.07 bits per heavy atom. The van der Waals surface area contributed by atoms with Crippen LogP contribution in [0.3, 0.4) is 0 Å². The van der Waals surface area contributed by atoms with Gasteiger partial charge in [-0.2, -0.15) is 0 Å². The lowest BCUT2D eigenvalue weighted by Gasteiger charge is -2.30. The summed E-state index contributed by atoms with van der Waals surface area (Å²) >= 11 is 1.55. The number of hydrogen-bond donors (Lipinski definition) is 0. The van der Waals surface area contributed by atoms with Gasteiger partial charge >= 0.3 is 0 Å². The molecule has 3 aromatic heterocycles. The average molecular weight is 380 g/mol. The van der Waals surface area contributed by atoms with Gasteiger partial charge in [-0.3, -0.25) is 4.79 Å². The molecule has 0 atom stereocenters. The van der Waals surface area contributed by atoms with Crippen molar-refractivity contribution in [2.24, 2.45) is 0 Å². The maximum atomic E-state index is 12.8. The molecule has 5 rings (SSSR count). The molecule has 1 amide bonds. The van der Waals surface area contributed by atoms with Gasteiger partial charge in [-0.25, -0.2) is 4.98 Å². The van der Waals surface area contributed by atoms with Gasteiger partial charge in [0, 0.05) is 24.6 Å². The number of nitrogens with zero attached hydrogens (tertiary/aromatic N) is 4. The Labute approximate surface area is 158 Å². The van der Waals surface area contributed by atoms with E-state index in [1.165, 1.54) is 0 Å². The summed E-state index contributed by atoms with van der Waals surface area (Å²) in [5, 5.41) is 8.28. The van der Waals surface area contributed by atoms with E-state index in [0.29, 0.717) is 30.4 Å². The highest BCUT2D eigenvalue weighted by Crippen LogP contribution is 2.30. The second kappa shape index (κ2) is 6.62. The summed E-state index contributed by atoms with van der Waals surface area (Å²) in [7, 11) is 0. The zero-order valence-electron chi connectivity index (χ0n) is 14.4. The summed E-state index contributed by atoms with van der Waals surface area (Å²) in [6.07, 6.45) is 4.77. The summed E-state index contributed by atoms with van der Waals surface area (Å²) in [4.78, 5) is 19.0. The highest BCUT2D eigenvalue weighted by molar-refractivity contribution is 7.16. The molecule has 0 aliphatic carbocycles. The highest BCUT2D eigenvalue weighted by Gasteiger charge is 2.28. The van der Waals surface area contributed by atoms with Crippen LogP contribution in [0.4, 0.5) is 0 Å². The van der Waals surface area contributed by atoms with Gasteiger partial charge in [-0.05, 0) is 37.1 Å². The fourth-order valence-electron chi connectivity index (χ4n) is 3.40. The van der Waals surface area contributed by atoms with Crippen molar-refractivity contribution in [2.45, 2.75) is 18.8 Å². The Balaban J connectivity index is 1.26. The summed E-state index contributed by atoms with van der Waals surface area (Å²) < 4.78 is 11.9. The third-order valence-electron chi connectivity index (χ3n) is 4.92. The number of benzene rings is 1. The number of hydrogen-bond acceptors (Lipinski definition) is 7. The molecule has 0 spiro atoms. The van der Waals surface area contributed by atoms with Crippen LogP contribution in [0.2, 0.25) is 0 Å². The number of carbonyl (C=O) groups excluding carboxylic acids is 1. The van der Waals surface area contributed by atoms with Gasteiger partial charge in [0.2, 0.25) is 5.89 Å². The molecule has 0 N–H and O–H groups in total. The Morgan fingerprint density at radius 1 is 1.19 bits per heavy atom. The molecule has 8 heteroatoms. The second-order valence-electron chi connectivity index (χ2n) is 6.56. The lowest BCUT2D eigenvalue weighted by molar-refractivity contribution is 0.0706. The van der Waals surface area contributed by atoms with E-state index in [2.05, 4.69) is 15.2 Å². The molecule has 0 unspecified atom stereocenters. The van der Waals surface area contributed by atoms with Gasteiger partial charge in [-0.1, -0.05) is 0 Å². The third kappa shape index (κ3) is 3.02. The predicted octanol–water partition coefficient (Wildman–Crippen LogP) is 3.96. The molecule has 0 saturated carbocycles. The average Bonchev–Trinajstić information content (AvgIpc) is 3.48. The van der Waals surface area contributed by atoms with Crippen molar-refractivity contribution in [1.29, 1.82) is 0 Å². The van der Waals surface area contributed by atoms with Crippen molar-refractivity contribution in [3.63, 3.8) is 0 Å². The zero-order chi connectivity index (χ0) is 18.2.